The second kappa shape index (κ2) is 4.75. The molecule has 0 aromatic rings. The van der Waals surface area contributed by atoms with E-state index in [0.29, 0.717) is 0 Å². The van der Waals surface area contributed by atoms with Gasteiger partial charge in [-0.25, -0.2) is 0 Å². The summed E-state index contributed by atoms with van der Waals surface area (Å²) in [5.74, 6) is 0. The van der Waals surface area contributed by atoms with Crippen LogP contribution in [0.1, 0.15) is 0 Å². The van der Waals surface area contributed by atoms with E-state index in [0.717, 1.165) is 37.3 Å². The number of rotatable bonds is 2. The fourth-order valence-electron chi connectivity index (χ4n) is 1.28. The highest BCUT2D eigenvalue weighted by Crippen LogP contribution is 2.06. The monoisotopic (exact) mass is 177 g/mol. The molecule has 1 saturated heterocycles. The van der Waals surface area contributed by atoms with Crippen molar-refractivity contribution in [2.45, 2.75) is 0 Å². The predicted molar refractivity (Wildman–Crippen MR) is 41.8 cm³/mol. The van der Waals surface area contributed by atoms with Gasteiger partial charge in [-0.1, -0.05) is 6.58 Å². The summed E-state index contributed by atoms with van der Waals surface area (Å²) in [6.07, 6.45) is 1.99. The van der Waals surface area contributed by atoms with Crippen molar-refractivity contribution in [3.8, 4) is 0 Å². The molecule has 2 nitrogen and oxygen atoms in total. The van der Waals surface area contributed by atoms with Gasteiger partial charge in [-0.2, -0.15) is 0 Å². The first-order chi connectivity index (χ1) is 4.77. The summed E-state index contributed by atoms with van der Waals surface area (Å²) >= 11 is 0. The predicted octanol–water partition coefficient (Wildman–Crippen LogP) is -2.35. The van der Waals surface area contributed by atoms with Crippen LogP contribution in [0.3, 0.4) is 0 Å². The normalized spacial score (nSPS) is 21.9. The van der Waals surface area contributed by atoms with Gasteiger partial charge in [0.05, 0.1) is 26.8 Å². The lowest BCUT2D eigenvalue weighted by Gasteiger charge is -2.36. The zero-order valence-corrected chi connectivity index (χ0v) is 7.81. The number of halogens is 1. The Morgan fingerprint density at radius 3 is 2.45 bits per heavy atom. The Morgan fingerprint density at radius 2 is 2.00 bits per heavy atom. The van der Waals surface area contributed by atoms with Crippen molar-refractivity contribution in [2.75, 3.05) is 39.9 Å². The molecule has 0 aromatic heterocycles. The van der Waals surface area contributed by atoms with E-state index in [1.54, 1.807) is 0 Å². The molecule has 11 heavy (non-hydrogen) atoms. The summed E-state index contributed by atoms with van der Waals surface area (Å²) in [6.45, 7) is 8.89. The first-order valence-electron chi connectivity index (χ1n) is 3.79. The molecule has 1 fully saturated rings. The van der Waals surface area contributed by atoms with E-state index in [1.807, 2.05) is 6.08 Å². The summed E-state index contributed by atoms with van der Waals surface area (Å²) in [4.78, 5) is 0. The zero-order chi connectivity index (χ0) is 7.45. The van der Waals surface area contributed by atoms with Gasteiger partial charge in [-0.3, -0.25) is 0 Å². The van der Waals surface area contributed by atoms with Gasteiger partial charge in [-0.05, 0) is 6.08 Å². The Morgan fingerprint density at radius 1 is 1.45 bits per heavy atom. The largest absolute Gasteiger partial charge is 1.00 e. The molecular formula is C8H16ClNO. The van der Waals surface area contributed by atoms with Gasteiger partial charge in [0.25, 0.3) is 0 Å². The maximum absolute atomic E-state index is 5.26. The summed E-state index contributed by atoms with van der Waals surface area (Å²) in [6, 6.07) is 0. The number of morpholine rings is 1. The molecule has 0 N–H and O–H groups in total. The van der Waals surface area contributed by atoms with Gasteiger partial charge >= 0.3 is 0 Å². The second-order valence-electron chi connectivity index (χ2n) is 3.15. The molecule has 0 bridgehead atoms. The molecule has 0 unspecified atom stereocenters. The molecule has 0 saturated carbocycles. The third-order valence-corrected chi connectivity index (χ3v) is 2.12. The Labute approximate surface area is 74.8 Å². The molecule has 1 rings (SSSR count). The van der Waals surface area contributed by atoms with Crippen molar-refractivity contribution < 1.29 is 21.6 Å². The summed E-state index contributed by atoms with van der Waals surface area (Å²) < 4.78 is 6.36. The highest BCUT2D eigenvalue weighted by Gasteiger charge is 2.22. The molecule has 0 spiro atoms. The molecule has 0 amide bonds. The van der Waals surface area contributed by atoms with Crippen molar-refractivity contribution >= 4 is 0 Å². The van der Waals surface area contributed by atoms with Crippen LogP contribution in [0, 0.1) is 0 Å². The Bertz CT molecular complexity index is 121. The van der Waals surface area contributed by atoms with Crippen LogP contribution in [0.2, 0.25) is 0 Å². The quantitative estimate of drug-likeness (QED) is 0.339. The average Bonchev–Trinajstić information content (AvgIpc) is 1.89. The van der Waals surface area contributed by atoms with E-state index in [2.05, 4.69) is 13.6 Å². The standard InChI is InChI=1S/C8H16NO.ClH/c1-3-4-9(2)5-7-10-8-6-9;/h3H,1,4-8H2,2H3;1H/q+1;/p-1. The van der Waals surface area contributed by atoms with Crippen LogP contribution in [0.25, 0.3) is 0 Å². The van der Waals surface area contributed by atoms with E-state index in [-0.39, 0.29) is 12.4 Å². The average molecular weight is 178 g/mol. The molecule has 1 aliphatic heterocycles. The van der Waals surface area contributed by atoms with Crippen molar-refractivity contribution in [3.63, 3.8) is 0 Å². The molecule has 0 aromatic carbocycles. The molecule has 0 atom stereocenters. The van der Waals surface area contributed by atoms with Crippen molar-refractivity contribution in [1.29, 1.82) is 0 Å². The Hall–Kier alpha value is -0.0500. The molecule has 1 aliphatic rings. The third-order valence-electron chi connectivity index (χ3n) is 2.12. The van der Waals surface area contributed by atoms with Crippen LogP contribution < -0.4 is 12.4 Å². The van der Waals surface area contributed by atoms with E-state index < -0.39 is 0 Å². The van der Waals surface area contributed by atoms with Gasteiger partial charge in [-0.15, -0.1) is 0 Å². The lowest BCUT2D eigenvalue weighted by molar-refractivity contribution is -0.911. The fourth-order valence-corrected chi connectivity index (χ4v) is 1.28. The van der Waals surface area contributed by atoms with Crippen LogP contribution in [0.5, 0.6) is 0 Å². The van der Waals surface area contributed by atoms with Gasteiger partial charge in [0.2, 0.25) is 0 Å². The smallest absolute Gasteiger partial charge is 0.102 e. The number of nitrogens with zero attached hydrogens (tertiary/aromatic N) is 1. The Balaban J connectivity index is 0.000001000. The SMILES string of the molecule is C=CC[N+]1(C)CCOCC1.[Cl-]. The Kier molecular flexibility index (Phi) is 4.73. The number of hydrogen-bond donors (Lipinski definition) is 0. The first kappa shape index (κ1) is 11.0. The van der Waals surface area contributed by atoms with E-state index in [9.17, 15) is 0 Å². The molecular weight excluding hydrogens is 162 g/mol. The third kappa shape index (κ3) is 3.23. The maximum Gasteiger partial charge on any atom is 0.102 e. The maximum atomic E-state index is 5.26. The minimum Gasteiger partial charge on any atom is -1.00 e. The van der Waals surface area contributed by atoms with Gasteiger partial charge in [0.1, 0.15) is 13.1 Å². The first-order valence-corrected chi connectivity index (χ1v) is 3.79. The lowest BCUT2D eigenvalue weighted by atomic mass is 10.3. The van der Waals surface area contributed by atoms with E-state index in [1.165, 1.54) is 0 Å². The van der Waals surface area contributed by atoms with Crippen LogP contribution in [0.4, 0.5) is 0 Å². The minimum absolute atomic E-state index is 0. The molecule has 0 aliphatic carbocycles. The number of ether oxygens (including phenoxy) is 1. The van der Waals surface area contributed by atoms with Gasteiger partial charge in [0, 0.05) is 0 Å². The number of likely N-dealkylation sites (N-methyl/N-ethyl adjacent to an activating group) is 1. The van der Waals surface area contributed by atoms with Gasteiger partial charge < -0.3 is 21.6 Å². The molecule has 3 heteroatoms. The van der Waals surface area contributed by atoms with Crippen molar-refractivity contribution in [1.82, 2.24) is 0 Å². The minimum atomic E-state index is 0. The van der Waals surface area contributed by atoms with Crippen molar-refractivity contribution in [3.05, 3.63) is 12.7 Å². The number of hydrogen-bond acceptors (Lipinski definition) is 1. The highest BCUT2D eigenvalue weighted by atomic mass is 35.5. The second-order valence-corrected chi connectivity index (χ2v) is 3.15. The molecule has 0 radical (unpaired) electrons. The molecule has 1 heterocycles. The van der Waals surface area contributed by atoms with Crippen LogP contribution in [-0.2, 0) is 4.74 Å². The zero-order valence-electron chi connectivity index (χ0n) is 7.05. The fraction of sp³-hybridized carbons (Fsp3) is 0.750. The van der Waals surface area contributed by atoms with Crippen molar-refractivity contribution in [2.24, 2.45) is 0 Å². The van der Waals surface area contributed by atoms with Crippen LogP contribution in [0.15, 0.2) is 12.7 Å². The highest BCUT2D eigenvalue weighted by molar-refractivity contribution is 4.66. The van der Waals surface area contributed by atoms with Crippen LogP contribution in [-0.4, -0.2) is 44.4 Å². The summed E-state index contributed by atoms with van der Waals surface area (Å²) in [5, 5.41) is 0. The topological polar surface area (TPSA) is 9.23 Å². The summed E-state index contributed by atoms with van der Waals surface area (Å²) in [7, 11) is 2.25. The van der Waals surface area contributed by atoms with Crippen LogP contribution >= 0.6 is 0 Å². The van der Waals surface area contributed by atoms with Gasteiger partial charge in [0.15, 0.2) is 0 Å². The van der Waals surface area contributed by atoms with E-state index >= 15 is 0 Å². The lowest BCUT2D eigenvalue weighted by Crippen LogP contribution is -3.00. The summed E-state index contributed by atoms with van der Waals surface area (Å²) in [5.41, 5.74) is 0. The number of quaternary nitrogens is 1. The molecule has 66 valence electrons. The van der Waals surface area contributed by atoms with E-state index in [4.69, 9.17) is 4.74 Å².